The van der Waals surface area contributed by atoms with Gasteiger partial charge in [0.05, 0.1) is 0 Å². The van der Waals surface area contributed by atoms with Gasteiger partial charge in [-0.25, -0.2) is 0 Å². The van der Waals surface area contributed by atoms with E-state index in [1.165, 1.54) is 244 Å². The lowest BCUT2D eigenvalue weighted by Crippen LogP contribution is -2.25. The summed E-state index contributed by atoms with van der Waals surface area (Å²) in [4.78, 5) is 0. The highest BCUT2D eigenvalue weighted by atomic mass is 14.4. The number of hydrogen-bond donors (Lipinski definition) is 0. The van der Waals surface area contributed by atoms with Crippen LogP contribution < -0.4 is 0 Å². The molecule has 0 spiro atoms. The summed E-state index contributed by atoms with van der Waals surface area (Å²) in [6.07, 6.45) is 79.5. The molecule has 0 aliphatic heterocycles. The molecule has 0 saturated heterocycles. The Labute approximate surface area is 490 Å². The zero-order valence-corrected chi connectivity index (χ0v) is 52.3. The first kappa shape index (κ1) is 65.8. The van der Waals surface area contributed by atoms with E-state index in [0.29, 0.717) is 0 Å². The predicted octanol–water partition coefficient (Wildman–Crippen LogP) is 27.4. The number of rotatable bonds is 24. The van der Waals surface area contributed by atoms with E-state index in [1.54, 1.807) is 64.2 Å². The van der Waals surface area contributed by atoms with Gasteiger partial charge in [-0.1, -0.05) is 206 Å². The fourth-order valence-electron chi connectivity index (χ4n) is 18.1. The molecule has 76 heavy (non-hydrogen) atoms. The molecule has 0 radical (unpaired) electrons. The summed E-state index contributed by atoms with van der Waals surface area (Å²) in [5.74, 6) is 17.0. The molecule has 0 aromatic heterocycles. The molecule has 8 aliphatic rings. The van der Waals surface area contributed by atoms with Crippen LogP contribution in [0.5, 0.6) is 0 Å². The maximum atomic E-state index is 3.87. The molecule has 0 bridgehead atoms. The lowest BCUT2D eigenvalue weighted by molar-refractivity contribution is 0.140. The highest BCUT2D eigenvalue weighted by Crippen LogP contribution is 2.47. The van der Waals surface area contributed by atoms with Gasteiger partial charge in [0, 0.05) is 11.4 Å². The van der Waals surface area contributed by atoms with Crippen molar-refractivity contribution in [3.05, 3.63) is 50.6 Å². The van der Waals surface area contributed by atoms with Gasteiger partial charge in [0.2, 0.25) is 0 Å². The van der Waals surface area contributed by atoms with Crippen molar-refractivity contribution in [2.75, 3.05) is 0 Å². The molecule has 0 aromatic rings. The summed E-state index contributed by atoms with van der Waals surface area (Å²) in [6.45, 7) is 24.9. The van der Waals surface area contributed by atoms with Crippen molar-refractivity contribution in [1.29, 1.82) is 0 Å². The Morgan fingerprint density at radius 2 is 0.474 bits per heavy atom. The van der Waals surface area contributed by atoms with E-state index in [9.17, 15) is 0 Å². The summed E-state index contributed by atoms with van der Waals surface area (Å²) in [6, 6.07) is 0. The van der Waals surface area contributed by atoms with Crippen LogP contribution in [0.3, 0.4) is 0 Å². The molecule has 8 rings (SSSR count). The van der Waals surface area contributed by atoms with Crippen LogP contribution in [0.25, 0.3) is 0 Å². The second-order valence-corrected chi connectivity index (χ2v) is 29.0. The minimum absolute atomic E-state index is 0. The van der Waals surface area contributed by atoms with Crippen molar-refractivity contribution >= 4 is 0 Å². The summed E-state index contributed by atoms with van der Waals surface area (Å²) in [5.41, 5.74) is 0. The van der Waals surface area contributed by atoms with Crippen LogP contribution in [0, 0.1) is 94.7 Å². The topological polar surface area (TPSA) is 0 Å². The normalized spacial score (nSPS) is 36.1. The Morgan fingerprint density at radius 3 is 0.697 bits per heavy atom. The monoisotopic (exact) mass is 1070 g/mol. The van der Waals surface area contributed by atoms with Crippen molar-refractivity contribution in [3.8, 4) is 0 Å². The van der Waals surface area contributed by atoms with Gasteiger partial charge in [-0.3, -0.25) is 0 Å². The molecule has 0 atom stereocenters. The van der Waals surface area contributed by atoms with Gasteiger partial charge in [-0.2, -0.15) is 0 Å². The third-order valence-corrected chi connectivity index (χ3v) is 23.8. The smallest absolute Gasteiger partial charge is 0 e. The molecule has 8 aliphatic carbocycles. The number of hydrogen-bond acceptors (Lipinski definition) is 0. The summed E-state index contributed by atoms with van der Waals surface area (Å²) in [5, 5.41) is 0. The minimum atomic E-state index is 0. The lowest BCUT2D eigenvalue weighted by atomic mass is 9.68. The molecule has 0 aromatic carbocycles. The number of allylic oxidation sites excluding steroid dienone is 4. The van der Waals surface area contributed by atoms with Gasteiger partial charge in [-0.05, 0) is 249 Å². The van der Waals surface area contributed by atoms with E-state index in [4.69, 9.17) is 0 Å². The van der Waals surface area contributed by atoms with Crippen LogP contribution in [-0.2, 0) is 0 Å². The van der Waals surface area contributed by atoms with Gasteiger partial charge in [0.15, 0.2) is 0 Å². The SMILES string of the molecule is C=CCCC1CCC(C2CCC(C)CC2)CC1.C=CCCC1CCC(C2CCC(CC)CC2)CC1.C=CCCC1CCC(C2CCC(CCCC)CC2)CC1.C=CCCC1CCC(C2CCC(CCCCC)CC2)CC1.[HH].[HH].[HH].[HH].[HH].[HH].[HH].[HH]. The van der Waals surface area contributed by atoms with Crippen molar-refractivity contribution in [2.45, 2.75) is 336 Å². The van der Waals surface area contributed by atoms with Crippen LogP contribution in [0.4, 0.5) is 0 Å². The van der Waals surface area contributed by atoms with Gasteiger partial charge < -0.3 is 0 Å². The van der Waals surface area contributed by atoms with E-state index in [1.807, 2.05) is 0 Å². The summed E-state index contributed by atoms with van der Waals surface area (Å²) < 4.78 is 0. The molecule has 8 fully saturated rings. The van der Waals surface area contributed by atoms with E-state index >= 15 is 0 Å². The zero-order valence-electron chi connectivity index (χ0n) is 52.3. The van der Waals surface area contributed by atoms with E-state index in [2.05, 4.69) is 78.3 Å². The second-order valence-electron chi connectivity index (χ2n) is 29.0. The predicted molar refractivity (Wildman–Crippen MR) is 358 cm³/mol. The average Bonchev–Trinajstić information content (AvgIpc) is 3.66. The largest absolute Gasteiger partial charge is 0.103 e. The quantitative estimate of drug-likeness (QED) is 0.0668. The van der Waals surface area contributed by atoms with Crippen molar-refractivity contribution < 1.29 is 11.4 Å². The molecule has 456 valence electrons. The molecule has 0 amide bonds. The third-order valence-electron chi connectivity index (χ3n) is 23.8. The Morgan fingerprint density at radius 1 is 0.263 bits per heavy atom. The van der Waals surface area contributed by atoms with Crippen LogP contribution >= 0.6 is 0 Å². The highest BCUT2D eigenvalue weighted by molar-refractivity contribution is 4.87. The van der Waals surface area contributed by atoms with Crippen LogP contribution in [-0.4, -0.2) is 0 Å². The Hall–Kier alpha value is -1.04. The molecular formula is C76H152. The molecule has 0 heteroatoms. The number of unbranched alkanes of at least 4 members (excludes halogenated alkanes) is 3. The first-order valence-corrected chi connectivity index (χ1v) is 35.7. The Kier molecular flexibility index (Phi) is 34.8. The zero-order chi connectivity index (χ0) is 54.0. The average molecular weight is 1070 g/mol. The molecule has 0 N–H and O–H groups in total. The first-order valence-electron chi connectivity index (χ1n) is 35.7. The Bertz CT molecular complexity index is 1430. The van der Waals surface area contributed by atoms with Gasteiger partial charge in [0.25, 0.3) is 0 Å². The minimum Gasteiger partial charge on any atom is -0.103 e. The van der Waals surface area contributed by atoms with E-state index in [0.717, 1.165) is 94.7 Å². The second kappa shape index (κ2) is 40.2. The standard InChI is InChI=1S/C21H38.C20H36.C18H32.C17H30.8H2/c1-3-5-7-9-19-12-16-21(17-13-19)20-14-10-18(11-15-20)8-6-4-2;1-3-5-7-17-9-13-19(14-10-17)20-15-11-18(12-16-20)8-6-4-2;1-3-5-6-16-9-13-18(14-10-16)17-11-7-15(4-2)8-12-17;1-3-4-5-15-8-12-17(13-9-15)16-10-6-14(2)7-11-16;;;;;;;;/h4,18-21H,2-3,5-17H2,1H3;3,17-20H,1,4-16H2,2H3;3,15-18H,1,4-14H2,2H3;3,14-17H,1,4-13H2,2H3;8*1H. The van der Waals surface area contributed by atoms with Crippen LogP contribution in [0.1, 0.15) is 347 Å². The van der Waals surface area contributed by atoms with Crippen molar-refractivity contribution in [1.82, 2.24) is 0 Å². The summed E-state index contributed by atoms with van der Waals surface area (Å²) in [7, 11) is 0. The fourth-order valence-corrected chi connectivity index (χ4v) is 18.1. The molecule has 8 saturated carbocycles. The highest BCUT2D eigenvalue weighted by Gasteiger charge is 2.34. The van der Waals surface area contributed by atoms with E-state index < -0.39 is 0 Å². The summed E-state index contributed by atoms with van der Waals surface area (Å²) >= 11 is 0. The molecular weight excluding hydrogens is 913 g/mol. The van der Waals surface area contributed by atoms with Gasteiger partial charge in [-0.15, -0.1) is 26.3 Å². The van der Waals surface area contributed by atoms with Crippen LogP contribution in [0.15, 0.2) is 50.6 Å². The van der Waals surface area contributed by atoms with Gasteiger partial charge >= 0.3 is 0 Å². The maximum absolute atomic E-state index is 3.87. The lowest BCUT2D eigenvalue weighted by Gasteiger charge is -2.38. The van der Waals surface area contributed by atoms with Crippen molar-refractivity contribution in [3.63, 3.8) is 0 Å². The fraction of sp³-hybridized carbons (Fsp3) is 0.895. The first-order chi connectivity index (χ1) is 37.3. The Balaban J connectivity index is -0.000000494. The molecule has 0 heterocycles. The van der Waals surface area contributed by atoms with Crippen LogP contribution in [0.2, 0.25) is 0 Å². The maximum Gasteiger partial charge on any atom is 0 e. The van der Waals surface area contributed by atoms with E-state index in [-0.39, 0.29) is 11.4 Å². The van der Waals surface area contributed by atoms with Crippen molar-refractivity contribution in [2.24, 2.45) is 94.7 Å². The third kappa shape index (κ3) is 25.4. The molecule has 0 unspecified atom stereocenters. The molecule has 0 nitrogen and oxygen atoms in total. The van der Waals surface area contributed by atoms with Gasteiger partial charge in [0.1, 0.15) is 0 Å².